The van der Waals surface area contributed by atoms with E-state index in [1.54, 1.807) is 0 Å². The molecule has 1 aromatic carbocycles. The van der Waals surface area contributed by atoms with Crippen molar-refractivity contribution in [3.63, 3.8) is 0 Å². The molecule has 1 aromatic rings. The van der Waals surface area contributed by atoms with Crippen LogP contribution in [0.15, 0.2) is 18.2 Å². The van der Waals surface area contributed by atoms with Crippen LogP contribution in [0, 0.1) is 0 Å². The molecule has 2 rings (SSSR count). The highest BCUT2D eigenvalue weighted by molar-refractivity contribution is 5.95. The van der Waals surface area contributed by atoms with Gasteiger partial charge in [-0.1, -0.05) is 13.3 Å². The number of benzene rings is 1. The van der Waals surface area contributed by atoms with Crippen molar-refractivity contribution in [1.29, 1.82) is 0 Å². The van der Waals surface area contributed by atoms with Gasteiger partial charge in [-0.2, -0.15) is 0 Å². The highest BCUT2D eigenvalue weighted by Crippen LogP contribution is 2.33. The summed E-state index contributed by atoms with van der Waals surface area (Å²) in [5.41, 5.74) is 8.54. The van der Waals surface area contributed by atoms with Crippen LogP contribution in [-0.4, -0.2) is 18.5 Å². The van der Waals surface area contributed by atoms with Gasteiger partial charge in [0.15, 0.2) is 0 Å². The van der Waals surface area contributed by atoms with E-state index in [2.05, 4.69) is 24.1 Å². The van der Waals surface area contributed by atoms with E-state index in [1.165, 1.54) is 19.3 Å². The van der Waals surface area contributed by atoms with Crippen LogP contribution in [0.25, 0.3) is 0 Å². The molecule has 0 saturated carbocycles. The number of nitrogen functional groups attached to an aromatic ring is 1. The molecule has 0 aliphatic carbocycles. The third-order valence-electron chi connectivity index (χ3n) is 4.16. The van der Waals surface area contributed by atoms with Gasteiger partial charge in [-0.05, 0) is 50.8 Å². The summed E-state index contributed by atoms with van der Waals surface area (Å²) in [4.78, 5) is 14.4. The molecule has 21 heavy (non-hydrogen) atoms. The second-order valence-corrected chi connectivity index (χ2v) is 5.97. The zero-order valence-corrected chi connectivity index (χ0v) is 13.2. The number of nitrogens with zero attached hydrogens (tertiary/aromatic N) is 1. The molecule has 0 spiro atoms. The van der Waals surface area contributed by atoms with Crippen LogP contribution in [0.3, 0.4) is 0 Å². The summed E-state index contributed by atoms with van der Waals surface area (Å²) < 4.78 is 0. The first-order chi connectivity index (χ1) is 10.1. The predicted octanol–water partition coefficient (Wildman–Crippen LogP) is 3.78. The highest BCUT2D eigenvalue weighted by Gasteiger charge is 2.21. The summed E-state index contributed by atoms with van der Waals surface area (Å²) in [5, 5.41) is 3.04. The molecular weight excluding hydrogens is 262 g/mol. The molecule has 1 amide bonds. The topological polar surface area (TPSA) is 58.4 Å². The Morgan fingerprint density at radius 3 is 2.95 bits per heavy atom. The zero-order chi connectivity index (χ0) is 15.2. The third-order valence-corrected chi connectivity index (χ3v) is 4.16. The fraction of sp³-hybridized carbons (Fsp3) is 0.588. The first-order valence-electron chi connectivity index (χ1n) is 8.08. The van der Waals surface area contributed by atoms with Crippen molar-refractivity contribution >= 4 is 23.0 Å². The number of hydrogen-bond acceptors (Lipinski definition) is 3. The molecule has 4 nitrogen and oxygen atoms in total. The molecule has 0 unspecified atom stereocenters. The minimum atomic E-state index is 0.0772. The standard InChI is InChI=1S/C17H27N3O/c1-3-4-8-17(21)19-15-12-14(18)9-10-16(15)20-11-6-5-7-13(20)2/h9-10,12-13H,3-8,11,18H2,1-2H3,(H,19,21)/t13-/m1/s1. The van der Waals surface area contributed by atoms with E-state index in [1.807, 2.05) is 18.2 Å². The normalized spacial score (nSPS) is 18.6. The number of nitrogens with two attached hydrogens (primary N) is 1. The number of rotatable bonds is 5. The van der Waals surface area contributed by atoms with Crippen LogP contribution in [0.5, 0.6) is 0 Å². The number of piperidine rings is 1. The molecule has 3 N–H and O–H groups in total. The Balaban J connectivity index is 2.18. The van der Waals surface area contributed by atoms with Crippen LogP contribution in [0.2, 0.25) is 0 Å². The van der Waals surface area contributed by atoms with Crippen LogP contribution < -0.4 is 16.0 Å². The minimum absolute atomic E-state index is 0.0772. The summed E-state index contributed by atoms with van der Waals surface area (Å²) in [6, 6.07) is 6.33. The number of carbonyl (C=O) groups is 1. The van der Waals surface area contributed by atoms with E-state index in [-0.39, 0.29) is 5.91 Å². The quantitative estimate of drug-likeness (QED) is 0.811. The monoisotopic (exact) mass is 289 g/mol. The molecular formula is C17H27N3O. The smallest absolute Gasteiger partial charge is 0.224 e. The second-order valence-electron chi connectivity index (χ2n) is 5.97. The lowest BCUT2D eigenvalue weighted by atomic mass is 10.0. The van der Waals surface area contributed by atoms with Gasteiger partial charge in [0, 0.05) is 24.7 Å². The van der Waals surface area contributed by atoms with Crippen molar-refractivity contribution in [1.82, 2.24) is 0 Å². The van der Waals surface area contributed by atoms with Crippen molar-refractivity contribution in [2.75, 3.05) is 22.5 Å². The van der Waals surface area contributed by atoms with Gasteiger partial charge in [-0.25, -0.2) is 0 Å². The molecule has 0 aromatic heterocycles. The average molecular weight is 289 g/mol. The summed E-state index contributed by atoms with van der Waals surface area (Å²) in [5.74, 6) is 0.0772. The van der Waals surface area contributed by atoms with Gasteiger partial charge in [0.2, 0.25) is 5.91 Å². The first-order valence-corrected chi connectivity index (χ1v) is 8.08. The number of amides is 1. The summed E-state index contributed by atoms with van der Waals surface area (Å²) in [7, 11) is 0. The number of carbonyl (C=O) groups excluding carboxylic acids is 1. The molecule has 1 heterocycles. The summed E-state index contributed by atoms with van der Waals surface area (Å²) in [6.07, 6.45) is 6.21. The molecule has 0 bridgehead atoms. The van der Waals surface area contributed by atoms with E-state index in [0.717, 1.165) is 30.8 Å². The van der Waals surface area contributed by atoms with Gasteiger partial charge in [0.05, 0.1) is 11.4 Å². The Bertz CT molecular complexity index is 487. The highest BCUT2D eigenvalue weighted by atomic mass is 16.1. The van der Waals surface area contributed by atoms with Crippen molar-refractivity contribution in [2.45, 2.75) is 58.4 Å². The van der Waals surface area contributed by atoms with Crippen LogP contribution in [-0.2, 0) is 4.79 Å². The SMILES string of the molecule is CCCCC(=O)Nc1cc(N)ccc1N1CCCC[C@H]1C. The molecule has 0 radical (unpaired) electrons. The van der Waals surface area contributed by atoms with Crippen molar-refractivity contribution in [3.05, 3.63) is 18.2 Å². The Kier molecular flexibility index (Phi) is 5.48. The van der Waals surface area contributed by atoms with Gasteiger partial charge < -0.3 is 16.0 Å². The van der Waals surface area contributed by atoms with Crippen LogP contribution >= 0.6 is 0 Å². The van der Waals surface area contributed by atoms with Crippen molar-refractivity contribution < 1.29 is 4.79 Å². The fourth-order valence-electron chi connectivity index (χ4n) is 2.91. The Morgan fingerprint density at radius 1 is 1.43 bits per heavy atom. The Hall–Kier alpha value is -1.71. The maximum absolute atomic E-state index is 12.0. The fourth-order valence-corrected chi connectivity index (χ4v) is 2.91. The van der Waals surface area contributed by atoms with Crippen LogP contribution in [0.4, 0.5) is 17.1 Å². The van der Waals surface area contributed by atoms with E-state index in [9.17, 15) is 4.79 Å². The van der Waals surface area contributed by atoms with E-state index in [0.29, 0.717) is 18.2 Å². The van der Waals surface area contributed by atoms with E-state index in [4.69, 9.17) is 5.73 Å². The lowest BCUT2D eigenvalue weighted by molar-refractivity contribution is -0.116. The molecule has 1 aliphatic heterocycles. The van der Waals surface area contributed by atoms with Gasteiger partial charge in [0.1, 0.15) is 0 Å². The van der Waals surface area contributed by atoms with Gasteiger partial charge in [-0.3, -0.25) is 4.79 Å². The maximum atomic E-state index is 12.0. The molecule has 1 saturated heterocycles. The Labute approximate surface area is 127 Å². The lowest BCUT2D eigenvalue weighted by Gasteiger charge is -2.36. The lowest BCUT2D eigenvalue weighted by Crippen LogP contribution is -2.38. The van der Waals surface area contributed by atoms with Crippen molar-refractivity contribution in [2.24, 2.45) is 0 Å². The predicted molar refractivity (Wildman–Crippen MR) is 89.7 cm³/mol. The Morgan fingerprint density at radius 2 is 2.24 bits per heavy atom. The van der Waals surface area contributed by atoms with Crippen molar-refractivity contribution in [3.8, 4) is 0 Å². The zero-order valence-electron chi connectivity index (χ0n) is 13.2. The minimum Gasteiger partial charge on any atom is -0.399 e. The van der Waals surface area contributed by atoms with E-state index < -0.39 is 0 Å². The number of hydrogen-bond donors (Lipinski definition) is 2. The molecule has 4 heteroatoms. The number of anilines is 3. The number of unbranched alkanes of at least 4 members (excludes halogenated alkanes) is 1. The summed E-state index contributed by atoms with van der Waals surface area (Å²) >= 11 is 0. The largest absolute Gasteiger partial charge is 0.399 e. The van der Waals surface area contributed by atoms with Crippen LogP contribution in [0.1, 0.15) is 52.4 Å². The molecule has 1 aliphatic rings. The first kappa shape index (κ1) is 15.7. The van der Waals surface area contributed by atoms with Gasteiger partial charge in [-0.15, -0.1) is 0 Å². The molecule has 116 valence electrons. The second kappa shape index (κ2) is 7.34. The van der Waals surface area contributed by atoms with Gasteiger partial charge >= 0.3 is 0 Å². The summed E-state index contributed by atoms with van der Waals surface area (Å²) in [6.45, 7) is 5.38. The average Bonchev–Trinajstić information content (AvgIpc) is 2.46. The number of nitrogens with one attached hydrogen (secondary N) is 1. The van der Waals surface area contributed by atoms with E-state index >= 15 is 0 Å². The maximum Gasteiger partial charge on any atom is 0.224 e. The third kappa shape index (κ3) is 4.13. The van der Waals surface area contributed by atoms with Gasteiger partial charge in [0.25, 0.3) is 0 Å². The molecule has 1 atom stereocenters. The molecule has 1 fully saturated rings.